The Labute approximate surface area is 94.4 Å². The molecule has 0 spiro atoms. The second-order valence-corrected chi connectivity index (χ2v) is 4.29. The first-order chi connectivity index (χ1) is 7.36. The van der Waals surface area contributed by atoms with Crippen LogP contribution in [0.5, 0.6) is 0 Å². The molecule has 0 saturated carbocycles. The fourth-order valence-corrected chi connectivity index (χ4v) is 2.21. The molecule has 0 aromatic rings. The first kappa shape index (κ1) is 12.5. The molecule has 1 fully saturated rings. The van der Waals surface area contributed by atoms with Crippen molar-refractivity contribution in [3.8, 4) is 11.8 Å². The summed E-state index contributed by atoms with van der Waals surface area (Å²) in [7, 11) is 0. The van der Waals surface area contributed by atoms with Gasteiger partial charge in [0.2, 0.25) is 0 Å². The summed E-state index contributed by atoms with van der Waals surface area (Å²) < 4.78 is 0. The standard InChI is InChI=1S/C13H24N2/c1-3-5-6-9-15-10-7-8-13(12-15)11-14-4-2/h13-14H,4,6-12H2,1-2H3. The molecule has 1 heterocycles. The summed E-state index contributed by atoms with van der Waals surface area (Å²) in [5.41, 5.74) is 0. The summed E-state index contributed by atoms with van der Waals surface area (Å²) in [5, 5.41) is 3.45. The van der Waals surface area contributed by atoms with Crippen LogP contribution in [-0.4, -0.2) is 37.6 Å². The molecular formula is C13H24N2. The summed E-state index contributed by atoms with van der Waals surface area (Å²) >= 11 is 0. The summed E-state index contributed by atoms with van der Waals surface area (Å²) in [6.07, 6.45) is 3.78. The van der Waals surface area contributed by atoms with Crippen molar-refractivity contribution in [1.29, 1.82) is 0 Å². The highest BCUT2D eigenvalue weighted by Crippen LogP contribution is 2.15. The van der Waals surface area contributed by atoms with Crippen molar-refractivity contribution in [1.82, 2.24) is 10.2 Å². The molecule has 0 bridgehead atoms. The predicted octanol–water partition coefficient (Wildman–Crippen LogP) is 1.72. The SMILES string of the molecule is CC#CCCN1CCCC(CNCC)C1. The fourth-order valence-electron chi connectivity index (χ4n) is 2.21. The molecule has 0 amide bonds. The van der Waals surface area contributed by atoms with Gasteiger partial charge in [-0.15, -0.1) is 11.8 Å². The lowest BCUT2D eigenvalue weighted by molar-refractivity contribution is 0.176. The summed E-state index contributed by atoms with van der Waals surface area (Å²) in [4.78, 5) is 2.57. The van der Waals surface area contributed by atoms with E-state index in [4.69, 9.17) is 0 Å². The Morgan fingerprint density at radius 2 is 2.33 bits per heavy atom. The van der Waals surface area contributed by atoms with Gasteiger partial charge >= 0.3 is 0 Å². The van der Waals surface area contributed by atoms with Crippen LogP contribution in [0.25, 0.3) is 0 Å². The summed E-state index contributed by atoms with van der Waals surface area (Å²) in [6, 6.07) is 0. The number of hydrogen-bond donors (Lipinski definition) is 1. The van der Waals surface area contributed by atoms with Crippen LogP contribution in [0.15, 0.2) is 0 Å². The molecule has 0 aliphatic carbocycles. The van der Waals surface area contributed by atoms with Crippen LogP contribution in [0.1, 0.15) is 33.1 Å². The van der Waals surface area contributed by atoms with E-state index < -0.39 is 0 Å². The molecule has 1 rings (SSSR count). The maximum absolute atomic E-state index is 3.45. The van der Waals surface area contributed by atoms with Crippen molar-refractivity contribution in [2.24, 2.45) is 5.92 Å². The number of hydrogen-bond acceptors (Lipinski definition) is 2. The normalized spacial score (nSPS) is 22.1. The van der Waals surface area contributed by atoms with Gasteiger partial charge < -0.3 is 10.2 Å². The monoisotopic (exact) mass is 208 g/mol. The molecular weight excluding hydrogens is 184 g/mol. The van der Waals surface area contributed by atoms with Gasteiger partial charge in [-0.3, -0.25) is 0 Å². The largest absolute Gasteiger partial charge is 0.317 e. The molecule has 0 aromatic carbocycles. The lowest BCUT2D eigenvalue weighted by atomic mass is 9.98. The zero-order chi connectivity index (χ0) is 10.9. The van der Waals surface area contributed by atoms with Crippen molar-refractivity contribution >= 4 is 0 Å². The van der Waals surface area contributed by atoms with Crippen LogP contribution in [0.2, 0.25) is 0 Å². The maximum atomic E-state index is 3.45. The Balaban J connectivity index is 2.18. The number of piperidine rings is 1. The van der Waals surface area contributed by atoms with Crippen molar-refractivity contribution < 1.29 is 0 Å². The quantitative estimate of drug-likeness (QED) is 0.692. The predicted molar refractivity (Wildman–Crippen MR) is 65.8 cm³/mol. The third-order valence-electron chi connectivity index (χ3n) is 3.02. The van der Waals surface area contributed by atoms with Gasteiger partial charge in [-0.1, -0.05) is 6.92 Å². The highest BCUT2D eigenvalue weighted by molar-refractivity contribution is 4.95. The second-order valence-electron chi connectivity index (χ2n) is 4.29. The molecule has 2 nitrogen and oxygen atoms in total. The third kappa shape index (κ3) is 5.20. The lowest BCUT2D eigenvalue weighted by Gasteiger charge is -2.32. The zero-order valence-electron chi connectivity index (χ0n) is 10.2. The average molecular weight is 208 g/mol. The topological polar surface area (TPSA) is 15.3 Å². The highest BCUT2D eigenvalue weighted by Gasteiger charge is 2.18. The molecule has 86 valence electrons. The fraction of sp³-hybridized carbons (Fsp3) is 0.846. The van der Waals surface area contributed by atoms with E-state index in [2.05, 4.69) is 29.0 Å². The second kappa shape index (κ2) is 7.73. The minimum Gasteiger partial charge on any atom is -0.317 e. The van der Waals surface area contributed by atoms with Crippen LogP contribution < -0.4 is 5.32 Å². The Hall–Kier alpha value is -0.520. The Morgan fingerprint density at radius 3 is 3.07 bits per heavy atom. The number of nitrogens with one attached hydrogen (secondary N) is 1. The molecule has 15 heavy (non-hydrogen) atoms. The maximum Gasteiger partial charge on any atom is 0.0216 e. The molecule has 1 N–H and O–H groups in total. The molecule has 0 aromatic heterocycles. The van der Waals surface area contributed by atoms with Gasteiger partial charge in [0.05, 0.1) is 0 Å². The van der Waals surface area contributed by atoms with E-state index in [0.29, 0.717) is 0 Å². The van der Waals surface area contributed by atoms with Crippen LogP contribution in [0.3, 0.4) is 0 Å². The lowest BCUT2D eigenvalue weighted by Crippen LogP contribution is -2.39. The van der Waals surface area contributed by atoms with E-state index >= 15 is 0 Å². The number of likely N-dealkylation sites (tertiary alicyclic amines) is 1. The van der Waals surface area contributed by atoms with Crippen molar-refractivity contribution in [2.45, 2.75) is 33.1 Å². The first-order valence-electron chi connectivity index (χ1n) is 6.19. The van der Waals surface area contributed by atoms with E-state index in [1.807, 2.05) is 6.92 Å². The Morgan fingerprint density at radius 1 is 1.47 bits per heavy atom. The van der Waals surface area contributed by atoms with Gasteiger partial charge in [-0.25, -0.2) is 0 Å². The van der Waals surface area contributed by atoms with Gasteiger partial charge in [-0.2, -0.15) is 0 Å². The van der Waals surface area contributed by atoms with E-state index in [9.17, 15) is 0 Å². The van der Waals surface area contributed by atoms with E-state index in [1.54, 1.807) is 0 Å². The van der Waals surface area contributed by atoms with Crippen molar-refractivity contribution in [3.05, 3.63) is 0 Å². The van der Waals surface area contributed by atoms with Crippen LogP contribution in [0.4, 0.5) is 0 Å². The van der Waals surface area contributed by atoms with Crippen LogP contribution in [-0.2, 0) is 0 Å². The van der Waals surface area contributed by atoms with Gasteiger partial charge in [0.25, 0.3) is 0 Å². The minimum atomic E-state index is 0.855. The smallest absolute Gasteiger partial charge is 0.0216 e. The van der Waals surface area contributed by atoms with Gasteiger partial charge in [0, 0.05) is 19.5 Å². The Bertz CT molecular complexity index is 214. The average Bonchev–Trinajstić information content (AvgIpc) is 2.27. The first-order valence-corrected chi connectivity index (χ1v) is 6.19. The van der Waals surface area contributed by atoms with E-state index in [1.165, 1.54) is 32.5 Å². The molecule has 1 aliphatic heterocycles. The molecule has 1 atom stereocenters. The van der Waals surface area contributed by atoms with Gasteiger partial charge in [-0.05, 0) is 45.3 Å². The van der Waals surface area contributed by atoms with Crippen molar-refractivity contribution in [2.75, 3.05) is 32.7 Å². The molecule has 1 aliphatic rings. The van der Waals surface area contributed by atoms with Crippen molar-refractivity contribution in [3.63, 3.8) is 0 Å². The minimum absolute atomic E-state index is 0.855. The van der Waals surface area contributed by atoms with E-state index in [-0.39, 0.29) is 0 Å². The molecule has 1 saturated heterocycles. The summed E-state index contributed by atoms with van der Waals surface area (Å²) in [6.45, 7) is 10.1. The zero-order valence-corrected chi connectivity index (χ0v) is 10.2. The van der Waals surface area contributed by atoms with Gasteiger partial charge in [0.1, 0.15) is 0 Å². The highest BCUT2D eigenvalue weighted by atomic mass is 15.1. The van der Waals surface area contributed by atoms with E-state index in [0.717, 1.165) is 25.4 Å². The molecule has 2 heteroatoms. The summed E-state index contributed by atoms with van der Waals surface area (Å²) in [5.74, 6) is 6.96. The van der Waals surface area contributed by atoms with Gasteiger partial charge in [0.15, 0.2) is 0 Å². The number of nitrogens with zero attached hydrogens (tertiary/aromatic N) is 1. The number of rotatable bonds is 5. The third-order valence-corrected chi connectivity index (χ3v) is 3.02. The Kier molecular flexibility index (Phi) is 6.47. The molecule has 1 unspecified atom stereocenters. The van der Waals surface area contributed by atoms with Crippen LogP contribution >= 0.6 is 0 Å². The van der Waals surface area contributed by atoms with Crippen LogP contribution in [0, 0.1) is 17.8 Å². The molecule has 0 radical (unpaired) electrons.